The van der Waals surface area contributed by atoms with Crippen molar-refractivity contribution >= 4 is 5.95 Å². The molecule has 0 amide bonds. The van der Waals surface area contributed by atoms with Gasteiger partial charge in [-0.25, -0.2) is 4.98 Å². The van der Waals surface area contributed by atoms with E-state index in [1.807, 2.05) is 0 Å². The summed E-state index contributed by atoms with van der Waals surface area (Å²) in [7, 11) is 1.79. The minimum absolute atomic E-state index is 0.530. The molecule has 0 radical (unpaired) electrons. The van der Waals surface area contributed by atoms with Crippen molar-refractivity contribution in [2.24, 2.45) is 0 Å². The fraction of sp³-hybridized carbons (Fsp3) is 0.200. The highest BCUT2D eigenvalue weighted by Gasteiger charge is 2.10. The first-order valence-corrected chi connectivity index (χ1v) is 6.66. The molecule has 2 aromatic heterocycles. The first-order valence-electron chi connectivity index (χ1n) is 6.66. The van der Waals surface area contributed by atoms with Gasteiger partial charge in [-0.05, 0) is 26.0 Å². The Hall–Kier alpha value is -2.76. The zero-order valence-electron chi connectivity index (χ0n) is 12.2. The molecule has 1 N–H and O–H groups in total. The van der Waals surface area contributed by atoms with E-state index in [2.05, 4.69) is 57.3 Å². The first-order chi connectivity index (χ1) is 10.2. The monoisotopic (exact) mass is 280 g/mol. The van der Waals surface area contributed by atoms with Crippen molar-refractivity contribution in [3.05, 3.63) is 48.0 Å². The summed E-state index contributed by atoms with van der Waals surface area (Å²) in [6.07, 6.45) is 5.17. The molecular weight excluding hydrogens is 264 g/mol. The van der Waals surface area contributed by atoms with Gasteiger partial charge in [0.15, 0.2) is 5.82 Å². The van der Waals surface area contributed by atoms with Crippen molar-refractivity contribution in [3.8, 4) is 17.3 Å². The maximum atomic E-state index is 4.54. The molecule has 1 aromatic carbocycles. The van der Waals surface area contributed by atoms with Gasteiger partial charge in [0, 0.05) is 25.0 Å². The van der Waals surface area contributed by atoms with Gasteiger partial charge >= 0.3 is 0 Å². The second kappa shape index (κ2) is 5.32. The summed E-state index contributed by atoms with van der Waals surface area (Å²) >= 11 is 0. The number of nitrogens with zero attached hydrogens (tertiary/aromatic N) is 5. The summed E-state index contributed by atoms with van der Waals surface area (Å²) in [5.74, 6) is 1.72. The molecule has 0 bridgehead atoms. The fourth-order valence-corrected chi connectivity index (χ4v) is 2.20. The lowest BCUT2D eigenvalue weighted by Crippen LogP contribution is -2.07. The van der Waals surface area contributed by atoms with Gasteiger partial charge in [-0.2, -0.15) is 15.0 Å². The van der Waals surface area contributed by atoms with Crippen LogP contribution in [0.25, 0.3) is 17.3 Å². The topological polar surface area (TPSA) is 68.5 Å². The van der Waals surface area contributed by atoms with E-state index in [-0.39, 0.29) is 0 Å². The molecule has 2 heterocycles. The predicted octanol–water partition coefficient (Wildman–Crippen LogP) is 2.38. The number of hydrogen-bond acceptors (Lipinski definition) is 5. The summed E-state index contributed by atoms with van der Waals surface area (Å²) in [6, 6.07) is 6.26. The first kappa shape index (κ1) is 13.2. The van der Waals surface area contributed by atoms with Gasteiger partial charge in [0.1, 0.15) is 6.33 Å². The molecular formula is C15H16N6. The molecule has 0 spiro atoms. The average molecular weight is 280 g/mol. The molecule has 3 aromatic rings. The van der Waals surface area contributed by atoms with Crippen LogP contribution in [0.3, 0.4) is 0 Å². The van der Waals surface area contributed by atoms with Crippen LogP contribution in [0.5, 0.6) is 0 Å². The third-order valence-corrected chi connectivity index (χ3v) is 3.06. The number of anilines is 1. The molecule has 0 saturated carbocycles. The van der Waals surface area contributed by atoms with Gasteiger partial charge in [0.2, 0.25) is 11.9 Å². The Bertz CT molecular complexity index is 744. The number of hydrogen-bond donors (Lipinski definition) is 1. The Kier molecular flexibility index (Phi) is 3.35. The smallest absolute Gasteiger partial charge is 0.240 e. The maximum Gasteiger partial charge on any atom is 0.240 e. The van der Waals surface area contributed by atoms with Crippen molar-refractivity contribution < 1.29 is 0 Å². The SMILES string of the molecule is CNc1nc(-c2cc(C)cc(C)c2)nc(-n2ccnc2)n1. The van der Waals surface area contributed by atoms with E-state index in [1.54, 1.807) is 30.3 Å². The normalized spacial score (nSPS) is 10.6. The molecule has 106 valence electrons. The lowest BCUT2D eigenvalue weighted by Gasteiger charge is -2.08. The lowest BCUT2D eigenvalue weighted by atomic mass is 10.1. The molecule has 0 aliphatic heterocycles. The Morgan fingerprint density at radius 2 is 1.76 bits per heavy atom. The Balaban J connectivity index is 2.15. The minimum atomic E-state index is 0.530. The Labute approximate surface area is 122 Å². The number of nitrogens with one attached hydrogen (secondary N) is 1. The largest absolute Gasteiger partial charge is 0.357 e. The molecule has 0 fully saturated rings. The van der Waals surface area contributed by atoms with E-state index < -0.39 is 0 Å². The van der Waals surface area contributed by atoms with Crippen molar-refractivity contribution in [2.45, 2.75) is 13.8 Å². The van der Waals surface area contributed by atoms with Gasteiger partial charge in [-0.15, -0.1) is 0 Å². The molecule has 0 unspecified atom stereocenters. The zero-order valence-corrected chi connectivity index (χ0v) is 12.2. The second-order valence-corrected chi connectivity index (χ2v) is 4.88. The summed E-state index contributed by atoms with van der Waals surface area (Å²) in [6.45, 7) is 4.13. The van der Waals surface area contributed by atoms with Crippen molar-refractivity contribution in [1.82, 2.24) is 24.5 Å². The minimum Gasteiger partial charge on any atom is -0.357 e. The summed E-state index contributed by atoms with van der Waals surface area (Å²) < 4.78 is 1.76. The number of rotatable bonds is 3. The van der Waals surface area contributed by atoms with Crippen LogP contribution in [-0.4, -0.2) is 31.6 Å². The number of imidazole rings is 1. The average Bonchev–Trinajstić information content (AvgIpc) is 3.00. The van der Waals surface area contributed by atoms with Gasteiger partial charge in [-0.1, -0.05) is 17.2 Å². The van der Waals surface area contributed by atoms with Crippen LogP contribution < -0.4 is 5.32 Å². The number of aryl methyl sites for hydroxylation is 2. The number of benzene rings is 1. The summed E-state index contributed by atoms with van der Waals surface area (Å²) in [4.78, 5) is 17.4. The number of aromatic nitrogens is 5. The van der Waals surface area contributed by atoms with Crippen LogP contribution in [0.2, 0.25) is 0 Å². The van der Waals surface area contributed by atoms with Crippen molar-refractivity contribution in [2.75, 3.05) is 12.4 Å². The highest BCUT2D eigenvalue weighted by Crippen LogP contribution is 2.20. The maximum absolute atomic E-state index is 4.54. The molecule has 0 saturated heterocycles. The van der Waals surface area contributed by atoms with Crippen LogP contribution in [0.1, 0.15) is 11.1 Å². The van der Waals surface area contributed by atoms with Gasteiger partial charge in [-0.3, -0.25) is 4.57 Å². The van der Waals surface area contributed by atoms with Gasteiger partial charge in [0.25, 0.3) is 0 Å². The molecule has 21 heavy (non-hydrogen) atoms. The van der Waals surface area contributed by atoms with E-state index in [1.165, 1.54) is 11.1 Å². The standard InChI is InChI=1S/C15H16N6/c1-10-6-11(2)8-12(7-10)13-18-14(16-3)20-15(19-13)21-5-4-17-9-21/h4-9H,1-3H3,(H,16,18,19,20). The molecule has 6 heteroatoms. The van der Waals surface area contributed by atoms with E-state index in [0.717, 1.165) is 5.56 Å². The third kappa shape index (κ3) is 2.74. The Morgan fingerprint density at radius 1 is 1.00 bits per heavy atom. The predicted molar refractivity (Wildman–Crippen MR) is 81.4 cm³/mol. The fourth-order valence-electron chi connectivity index (χ4n) is 2.20. The van der Waals surface area contributed by atoms with Crippen molar-refractivity contribution in [3.63, 3.8) is 0 Å². The third-order valence-electron chi connectivity index (χ3n) is 3.06. The molecule has 0 atom stereocenters. The lowest BCUT2D eigenvalue weighted by molar-refractivity contribution is 0.902. The molecule has 3 rings (SSSR count). The zero-order chi connectivity index (χ0) is 14.8. The quantitative estimate of drug-likeness (QED) is 0.797. The summed E-state index contributed by atoms with van der Waals surface area (Å²) in [5.41, 5.74) is 3.34. The van der Waals surface area contributed by atoms with Crippen LogP contribution in [-0.2, 0) is 0 Å². The van der Waals surface area contributed by atoms with Crippen LogP contribution in [0, 0.1) is 13.8 Å². The van der Waals surface area contributed by atoms with Crippen LogP contribution in [0.4, 0.5) is 5.95 Å². The molecule has 6 nitrogen and oxygen atoms in total. The van der Waals surface area contributed by atoms with E-state index >= 15 is 0 Å². The molecule has 0 aliphatic carbocycles. The van der Waals surface area contributed by atoms with E-state index in [0.29, 0.717) is 17.7 Å². The van der Waals surface area contributed by atoms with Gasteiger partial charge in [0.05, 0.1) is 0 Å². The van der Waals surface area contributed by atoms with Gasteiger partial charge < -0.3 is 5.32 Å². The van der Waals surface area contributed by atoms with Crippen molar-refractivity contribution in [1.29, 1.82) is 0 Å². The molecule has 0 aliphatic rings. The van der Waals surface area contributed by atoms with E-state index in [4.69, 9.17) is 0 Å². The van der Waals surface area contributed by atoms with Crippen LogP contribution in [0.15, 0.2) is 36.9 Å². The van der Waals surface area contributed by atoms with Crippen LogP contribution >= 0.6 is 0 Å². The highest BCUT2D eigenvalue weighted by atomic mass is 15.2. The second-order valence-electron chi connectivity index (χ2n) is 4.88. The highest BCUT2D eigenvalue weighted by molar-refractivity contribution is 5.59. The van der Waals surface area contributed by atoms with E-state index in [9.17, 15) is 0 Å². The summed E-state index contributed by atoms with van der Waals surface area (Å²) in [5, 5.41) is 2.97. The Morgan fingerprint density at radius 3 is 2.38 bits per heavy atom.